The molecule has 39 heavy (non-hydrogen) atoms. The number of hydrogen-bond donors (Lipinski definition) is 2. The minimum Gasteiger partial charge on any atom is -0.507 e. The number of halogens is 1. The molecule has 194 valence electrons. The van der Waals surface area contributed by atoms with Gasteiger partial charge in [0.05, 0.1) is 17.3 Å². The summed E-state index contributed by atoms with van der Waals surface area (Å²) in [6.45, 7) is 0. The highest BCUT2D eigenvalue weighted by Crippen LogP contribution is 2.22. The molecule has 0 bridgehead atoms. The third-order valence-electron chi connectivity index (χ3n) is 5.25. The monoisotopic (exact) mass is 584 g/mol. The van der Waals surface area contributed by atoms with Crippen LogP contribution in [0.1, 0.15) is 31.8 Å². The molecule has 0 aliphatic rings. The number of para-hydroxylation sites is 3. The van der Waals surface area contributed by atoms with E-state index in [1.54, 1.807) is 84.9 Å². The van der Waals surface area contributed by atoms with Gasteiger partial charge in [0.2, 0.25) is 0 Å². The predicted molar refractivity (Wildman–Crippen MR) is 150 cm³/mol. The molecule has 0 aliphatic carbocycles. The van der Waals surface area contributed by atoms with Crippen molar-refractivity contribution in [1.29, 1.82) is 0 Å². The molecular weight excluding hydrogens is 564 g/mol. The number of rotatable bonds is 8. The van der Waals surface area contributed by atoms with Crippen molar-refractivity contribution in [2.75, 3.05) is 0 Å². The highest BCUT2D eigenvalue weighted by molar-refractivity contribution is 9.10. The molecule has 4 aromatic carbocycles. The van der Waals surface area contributed by atoms with Gasteiger partial charge in [0.15, 0.2) is 0 Å². The van der Waals surface area contributed by atoms with Crippen molar-refractivity contribution in [3.63, 3.8) is 0 Å². The third-order valence-corrected chi connectivity index (χ3v) is 5.78. The van der Waals surface area contributed by atoms with Crippen molar-refractivity contribution in [1.82, 2.24) is 5.43 Å². The molecule has 0 atom stereocenters. The maximum Gasteiger partial charge on any atom is 0.343 e. The number of ether oxygens (including phenoxy) is 2. The lowest BCUT2D eigenvalue weighted by Gasteiger charge is -2.08. The number of hydrogen-bond acceptors (Lipinski definition) is 7. The fourth-order valence-electron chi connectivity index (χ4n) is 3.32. The van der Waals surface area contributed by atoms with Gasteiger partial charge in [0.25, 0.3) is 5.91 Å². The average Bonchev–Trinajstić information content (AvgIpc) is 2.94. The summed E-state index contributed by atoms with van der Waals surface area (Å²) in [6.07, 6.45) is 4.01. The van der Waals surface area contributed by atoms with E-state index in [1.807, 2.05) is 0 Å². The van der Waals surface area contributed by atoms with Gasteiger partial charge in [0, 0.05) is 21.7 Å². The van der Waals surface area contributed by atoms with Crippen LogP contribution in [0.3, 0.4) is 0 Å². The van der Waals surface area contributed by atoms with Crippen LogP contribution in [0.4, 0.5) is 0 Å². The number of esters is 2. The minimum atomic E-state index is -0.678. The first kappa shape index (κ1) is 27.0. The van der Waals surface area contributed by atoms with Crippen molar-refractivity contribution in [3.8, 4) is 17.2 Å². The van der Waals surface area contributed by atoms with Crippen LogP contribution in [0.15, 0.2) is 113 Å². The molecule has 9 heteroatoms. The molecule has 0 fully saturated rings. The van der Waals surface area contributed by atoms with Gasteiger partial charge in [-0.2, -0.15) is 5.10 Å². The van der Waals surface area contributed by atoms with E-state index < -0.39 is 17.8 Å². The van der Waals surface area contributed by atoms with Gasteiger partial charge >= 0.3 is 11.9 Å². The summed E-state index contributed by atoms with van der Waals surface area (Å²) in [5.41, 5.74) is 3.71. The van der Waals surface area contributed by atoms with Crippen LogP contribution < -0.4 is 14.9 Å². The zero-order valence-electron chi connectivity index (χ0n) is 20.3. The Labute approximate surface area is 232 Å². The SMILES string of the molecule is O=C(/C=C/c1ccccc1OC(=O)c1ccc(Br)cc1)Oc1ccccc1/C=N/NC(=O)c1ccccc1O. The highest BCUT2D eigenvalue weighted by Gasteiger charge is 2.12. The Morgan fingerprint density at radius 1 is 0.769 bits per heavy atom. The first-order valence-electron chi connectivity index (χ1n) is 11.6. The van der Waals surface area contributed by atoms with Crippen molar-refractivity contribution < 1.29 is 29.0 Å². The van der Waals surface area contributed by atoms with Crippen molar-refractivity contribution in [2.45, 2.75) is 0 Å². The zero-order chi connectivity index (χ0) is 27.6. The molecule has 0 unspecified atom stereocenters. The van der Waals surface area contributed by atoms with E-state index in [1.165, 1.54) is 30.5 Å². The fraction of sp³-hybridized carbons (Fsp3) is 0. The molecule has 2 N–H and O–H groups in total. The van der Waals surface area contributed by atoms with E-state index in [4.69, 9.17) is 9.47 Å². The summed E-state index contributed by atoms with van der Waals surface area (Å²) >= 11 is 3.33. The Morgan fingerprint density at radius 3 is 2.10 bits per heavy atom. The van der Waals surface area contributed by atoms with Gasteiger partial charge in [0.1, 0.15) is 17.2 Å². The molecule has 0 spiro atoms. The Morgan fingerprint density at radius 2 is 1.38 bits per heavy atom. The number of nitrogens with one attached hydrogen (secondary N) is 1. The molecule has 0 saturated heterocycles. The molecular formula is C30H21BrN2O6. The Hall–Kier alpha value is -5.02. The molecule has 4 aromatic rings. The summed E-state index contributed by atoms with van der Waals surface area (Å²) in [5, 5.41) is 13.7. The number of aromatic hydroxyl groups is 1. The molecule has 8 nitrogen and oxygen atoms in total. The second kappa shape index (κ2) is 13.0. The number of carbonyl (C=O) groups is 3. The van der Waals surface area contributed by atoms with E-state index in [2.05, 4.69) is 26.5 Å². The van der Waals surface area contributed by atoms with Crippen molar-refractivity contribution in [3.05, 3.63) is 130 Å². The van der Waals surface area contributed by atoms with E-state index in [-0.39, 0.29) is 22.8 Å². The number of phenols is 1. The average molecular weight is 585 g/mol. The lowest BCUT2D eigenvalue weighted by Crippen LogP contribution is -2.17. The number of nitrogens with zero attached hydrogens (tertiary/aromatic N) is 1. The number of benzene rings is 4. The lowest BCUT2D eigenvalue weighted by molar-refractivity contribution is -0.128. The van der Waals surface area contributed by atoms with Crippen molar-refractivity contribution in [2.24, 2.45) is 5.10 Å². The third kappa shape index (κ3) is 7.50. The fourth-order valence-corrected chi connectivity index (χ4v) is 3.59. The second-order valence-corrected chi connectivity index (χ2v) is 8.86. The first-order valence-corrected chi connectivity index (χ1v) is 12.4. The number of phenolic OH excluding ortho intramolecular Hbond substituents is 1. The summed E-state index contributed by atoms with van der Waals surface area (Å²) < 4.78 is 11.8. The van der Waals surface area contributed by atoms with E-state index in [0.717, 1.165) is 4.47 Å². The van der Waals surface area contributed by atoms with Crippen LogP contribution in [-0.2, 0) is 4.79 Å². The van der Waals surface area contributed by atoms with Crippen LogP contribution in [0, 0.1) is 0 Å². The lowest BCUT2D eigenvalue weighted by atomic mass is 10.2. The molecule has 0 aliphatic heterocycles. The van der Waals surface area contributed by atoms with Gasteiger partial charge in [-0.15, -0.1) is 0 Å². The van der Waals surface area contributed by atoms with Gasteiger partial charge in [-0.25, -0.2) is 15.0 Å². The molecule has 4 rings (SSSR count). The van der Waals surface area contributed by atoms with E-state index >= 15 is 0 Å². The first-order chi connectivity index (χ1) is 18.9. The quantitative estimate of drug-likeness (QED) is 0.0895. The van der Waals surface area contributed by atoms with E-state index in [0.29, 0.717) is 16.7 Å². The van der Waals surface area contributed by atoms with Crippen LogP contribution in [0.5, 0.6) is 17.2 Å². The standard InChI is InChI=1S/C30H21BrN2O6/c31-23-16-13-21(14-17-23)30(37)39-26-11-5-1-7-20(26)15-18-28(35)38-27-12-6-2-8-22(27)19-32-33-29(36)24-9-3-4-10-25(24)34/h1-19,34H,(H,33,36)/b18-15+,32-19+. The highest BCUT2D eigenvalue weighted by atomic mass is 79.9. The van der Waals surface area contributed by atoms with Gasteiger partial charge in [-0.3, -0.25) is 4.79 Å². The van der Waals surface area contributed by atoms with Gasteiger partial charge < -0.3 is 14.6 Å². The summed E-state index contributed by atoms with van der Waals surface area (Å²) in [7, 11) is 0. The number of amides is 1. The van der Waals surface area contributed by atoms with Gasteiger partial charge in [-0.05, 0) is 60.7 Å². The molecule has 0 heterocycles. The smallest absolute Gasteiger partial charge is 0.343 e. The summed E-state index contributed by atoms with van der Waals surface area (Å²) in [5.74, 6) is -1.49. The molecule has 0 radical (unpaired) electrons. The molecule has 0 saturated carbocycles. The second-order valence-electron chi connectivity index (χ2n) is 7.94. The molecule has 0 aromatic heterocycles. The zero-order valence-corrected chi connectivity index (χ0v) is 21.9. The Kier molecular flexibility index (Phi) is 8.99. The topological polar surface area (TPSA) is 114 Å². The normalized spacial score (nSPS) is 10.9. The van der Waals surface area contributed by atoms with Crippen LogP contribution in [-0.4, -0.2) is 29.2 Å². The largest absolute Gasteiger partial charge is 0.507 e. The van der Waals surface area contributed by atoms with Gasteiger partial charge in [-0.1, -0.05) is 58.4 Å². The maximum absolute atomic E-state index is 12.6. The van der Waals surface area contributed by atoms with Crippen LogP contribution in [0.25, 0.3) is 6.08 Å². The van der Waals surface area contributed by atoms with Crippen LogP contribution in [0.2, 0.25) is 0 Å². The number of hydrazone groups is 1. The summed E-state index contributed by atoms with van der Waals surface area (Å²) in [6, 6.07) is 26.2. The minimum absolute atomic E-state index is 0.0716. The Balaban J connectivity index is 1.41. The predicted octanol–water partition coefficient (Wildman–Crippen LogP) is 5.76. The van der Waals surface area contributed by atoms with Crippen molar-refractivity contribution >= 4 is 46.1 Å². The summed E-state index contributed by atoms with van der Waals surface area (Å²) in [4.78, 5) is 37.3. The molecule has 1 amide bonds. The van der Waals surface area contributed by atoms with Crippen LogP contribution >= 0.6 is 15.9 Å². The Bertz CT molecular complexity index is 1560. The van der Waals surface area contributed by atoms with E-state index in [9.17, 15) is 19.5 Å². The number of carbonyl (C=O) groups excluding carboxylic acids is 3. The maximum atomic E-state index is 12.6.